The second-order valence-electron chi connectivity index (χ2n) is 4.23. The molecule has 1 N–H and O–H groups in total. The van der Waals surface area contributed by atoms with E-state index in [0.29, 0.717) is 18.7 Å². The highest BCUT2D eigenvalue weighted by molar-refractivity contribution is 5.26. The number of hydrogen-bond acceptors (Lipinski definition) is 5. The lowest BCUT2D eigenvalue weighted by Gasteiger charge is -2.17. The first-order chi connectivity index (χ1) is 8.17. The van der Waals surface area contributed by atoms with E-state index in [2.05, 4.69) is 36.0 Å². The van der Waals surface area contributed by atoms with E-state index in [9.17, 15) is 0 Å². The van der Waals surface area contributed by atoms with Gasteiger partial charge in [0.15, 0.2) is 0 Å². The molecular formula is C12H23N3O2. The summed E-state index contributed by atoms with van der Waals surface area (Å²) in [6.07, 6.45) is 1.71. The molecule has 1 rings (SSSR count). The number of hydrogen-bond donors (Lipinski definition) is 1. The Morgan fingerprint density at radius 3 is 2.88 bits per heavy atom. The van der Waals surface area contributed by atoms with Crippen LogP contribution in [-0.2, 0) is 11.3 Å². The molecule has 0 unspecified atom stereocenters. The Kier molecular flexibility index (Phi) is 6.00. The first-order valence-electron chi connectivity index (χ1n) is 6.09. The van der Waals surface area contributed by atoms with Gasteiger partial charge in [0.1, 0.15) is 6.26 Å². The first-order valence-corrected chi connectivity index (χ1v) is 6.09. The number of methoxy groups -OCH3 is 1. The Hall–Kier alpha value is -1.07. The van der Waals surface area contributed by atoms with Crippen LogP contribution >= 0.6 is 0 Å². The van der Waals surface area contributed by atoms with E-state index in [4.69, 9.17) is 9.15 Å². The highest BCUT2D eigenvalue weighted by atomic mass is 16.5. The van der Waals surface area contributed by atoms with Crippen LogP contribution in [0.3, 0.4) is 0 Å². The number of likely N-dealkylation sites (N-methyl/N-ethyl adjacent to an activating group) is 1. The number of anilines is 1. The molecule has 0 aliphatic rings. The van der Waals surface area contributed by atoms with Crippen molar-refractivity contribution in [1.82, 2.24) is 10.3 Å². The van der Waals surface area contributed by atoms with E-state index in [0.717, 1.165) is 25.3 Å². The molecule has 0 aliphatic heterocycles. The Morgan fingerprint density at radius 2 is 2.29 bits per heavy atom. The van der Waals surface area contributed by atoms with Crippen molar-refractivity contribution in [2.75, 3.05) is 31.7 Å². The molecule has 0 saturated carbocycles. The van der Waals surface area contributed by atoms with Gasteiger partial charge in [0.05, 0.1) is 12.3 Å². The summed E-state index contributed by atoms with van der Waals surface area (Å²) in [5.41, 5.74) is 0.935. The summed E-state index contributed by atoms with van der Waals surface area (Å²) in [5.74, 6) is 0. The average Bonchev–Trinajstić information content (AvgIpc) is 2.76. The van der Waals surface area contributed by atoms with Gasteiger partial charge in [0, 0.05) is 32.8 Å². The fraction of sp³-hybridized carbons (Fsp3) is 0.750. The minimum atomic E-state index is 0.450. The predicted molar refractivity (Wildman–Crippen MR) is 68.2 cm³/mol. The van der Waals surface area contributed by atoms with Crippen molar-refractivity contribution in [2.45, 2.75) is 33.4 Å². The van der Waals surface area contributed by atoms with Crippen LogP contribution in [0.4, 0.5) is 6.01 Å². The molecule has 0 fully saturated rings. The predicted octanol–water partition coefficient (Wildman–Crippen LogP) is 1.65. The van der Waals surface area contributed by atoms with Gasteiger partial charge >= 0.3 is 0 Å². The Morgan fingerprint density at radius 1 is 1.53 bits per heavy atom. The normalized spacial score (nSPS) is 11.1. The Balaban J connectivity index is 2.52. The van der Waals surface area contributed by atoms with Gasteiger partial charge < -0.3 is 19.4 Å². The summed E-state index contributed by atoms with van der Waals surface area (Å²) in [5, 5.41) is 3.31. The van der Waals surface area contributed by atoms with Gasteiger partial charge in [-0.3, -0.25) is 0 Å². The largest absolute Gasteiger partial charge is 0.432 e. The van der Waals surface area contributed by atoms with Gasteiger partial charge in [-0.2, -0.15) is 4.98 Å². The number of rotatable bonds is 8. The molecule has 0 saturated heterocycles. The van der Waals surface area contributed by atoms with Gasteiger partial charge in [-0.25, -0.2) is 0 Å². The molecule has 98 valence electrons. The van der Waals surface area contributed by atoms with Crippen molar-refractivity contribution in [2.24, 2.45) is 0 Å². The van der Waals surface area contributed by atoms with Crippen LogP contribution in [0.1, 0.15) is 26.5 Å². The fourth-order valence-corrected chi connectivity index (χ4v) is 1.42. The topological polar surface area (TPSA) is 50.5 Å². The third-order valence-electron chi connectivity index (χ3n) is 2.45. The van der Waals surface area contributed by atoms with Crippen molar-refractivity contribution < 1.29 is 9.15 Å². The van der Waals surface area contributed by atoms with E-state index < -0.39 is 0 Å². The molecule has 0 radical (unpaired) electrons. The van der Waals surface area contributed by atoms with E-state index in [1.54, 1.807) is 13.4 Å². The van der Waals surface area contributed by atoms with E-state index in [1.165, 1.54) is 0 Å². The quantitative estimate of drug-likeness (QED) is 0.750. The lowest BCUT2D eigenvalue weighted by molar-refractivity contribution is 0.204. The van der Waals surface area contributed by atoms with Gasteiger partial charge in [0.2, 0.25) is 0 Å². The minimum Gasteiger partial charge on any atom is -0.432 e. The Bertz CT molecular complexity index is 312. The molecule has 1 heterocycles. The molecule has 17 heavy (non-hydrogen) atoms. The molecule has 0 amide bonds. The molecule has 5 nitrogen and oxygen atoms in total. The molecule has 0 aliphatic carbocycles. The molecule has 0 atom stereocenters. The summed E-state index contributed by atoms with van der Waals surface area (Å²) in [4.78, 5) is 6.51. The monoisotopic (exact) mass is 241 g/mol. The van der Waals surface area contributed by atoms with Crippen molar-refractivity contribution in [3.63, 3.8) is 0 Å². The maximum absolute atomic E-state index is 5.47. The van der Waals surface area contributed by atoms with Crippen LogP contribution < -0.4 is 10.2 Å². The lowest BCUT2D eigenvalue weighted by Crippen LogP contribution is -2.27. The summed E-state index contributed by atoms with van der Waals surface area (Å²) >= 11 is 0. The van der Waals surface area contributed by atoms with Crippen LogP contribution in [0.15, 0.2) is 10.7 Å². The third-order valence-corrected chi connectivity index (χ3v) is 2.45. The lowest BCUT2D eigenvalue weighted by atomic mass is 10.4. The second kappa shape index (κ2) is 7.29. The van der Waals surface area contributed by atoms with Crippen molar-refractivity contribution in [1.29, 1.82) is 0 Å². The van der Waals surface area contributed by atoms with Crippen LogP contribution in [0.5, 0.6) is 0 Å². The molecule has 0 bridgehead atoms. The van der Waals surface area contributed by atoms with Crippen molar-refractivity contribution in [3.8, 4) is 0 Å². The zero-order valence-electron chi connectivity index (χ0n) is 11.2. The maximum Gasteiger partial charge on any atom is 0.297 e. The summed E-state index contributed by atoms with van der Waals surface area (Å²) in [6, 6.07) is 1.12. The van der Waals surface area contributed by atoms with Gasteiger partial charge in [-0.15, -0.1) is 0 Å². The van der Waals surface area contributed by atoms with E-state index in [-0.39, 0.29) is 0 Å². The summed E-state index contributed by atoms with van der Waals surface area (Å²) in [7, 11) is 1.70. The Labute approximate surface area is 103 Å². The highest BCUT2D eigenvalue weighted by Gasteiger charge is 2.11. The van der Waals surface area contributed by atoms with Crippen LogP contribution in [0, 0.1) is 0 Å². The number of oxazole rings is 1. The molecule has 1 aromatic rings. The average molecular weight is 241 g/mol. The standard InChI is InChI=1S/C12H23N3O2/c1-5-15(6-7-16-4)12-14-11(9-17-12)8-13-10(2)3/h9-10,13H,5-8H2,1-4H3. The van der Waals surface area contributed by atoms with Crippen molar-refractivity contribution in [3.05, 3.63) is 12.0 Å². The third kappa shape index (κ3) is 4.75. The minimum absolute atomic E-state index is 0.450. The molecule has 0 aromatic carbocycles. The fourth-order valence-electron chi connectivity index (χ4n) is 1.42. The van der Waals surface area contributed by atoms with Crippen LogP contribution in [-0.4, -0.2) is 37.8 Å². The summed E-state index contributed by atoms with van der Waals surface area (Å²) < 4.78 is 10.5. The molecule has 0 spiro atoms. The number of nitrogens with one attached hydrogen (secondary N) is 1. The van der Waals surface area contributed by atoms with Crippen molar-refractivity contribution >= 4 is 6.01 Å². The molecular weight excluding hydrogens is 218 g/mol. The van der Waals surface area contributed by atoms with Crippen LogP contribution in [0.2, 0.25) is 0 Å². The number of ether oxygens (including phenoxy) is 1. The summed E-state index contributed by atoms with van der Waals surface area (Å²) in [6.45, 7) is 9.37. The first kappa shape index (κ1) is 14.0. The maximum atomic E-state index is 5.47. The number of nitrogens with zero attached hydrogens (tertiary/aromatic N) is 2. The SMILES string of the molecule is CCN(CCOC)c1nc(CNC(C)C)co1. The van der Waals surface area contributed by atoms with E-state index in [1.807, 2.05) is 0 Å². The van der Waals surface area contributed by atoms with Gasteiger partial charge in [-0.05, 0) is 6.92 Å². The van der Waals surface area contributed by atoms with Crippen LogP contribution in [0.25, 0.3) is 0 Å². The van der Waals surface area contributed by atoms with Gasteiger partial charge in [-0.1, -0.05) is 13.8 Å². The number of aromatic nitrogens is 1. The zero-order valence-corrected chi connectivity index (χ0v) is 11.2. The smallest absolute Gasteiger partial charge is 0.297 e. The van der Waals surface area contributed by atoms with E-state index >= 15 is 0 Å². The van der Waals surface area contributed by atoms with Gasteiger partial charge in [0.25, 0.3) is 6.01 Å². The highest BCUT2D eigenvalue weighted by Crippen LogP contribution is 2.13. The second-order valence-corrected chi connectivity index (χ2v) is 4.23. The molecule has 1 aromatic heterocycles. The molecule has 5 heteroatoms. The zero-order chi connectivity index (χ0) is 12.7.